The van der Waals surface area contributed by atoms with Crippen LogP contribution in [0.5, 0.6) is 5.75 Å². The Kier molecular flexibility index (Phi) is 4.18. The number of nitrogens with zero attached hydrogens (tertiary/aromatic N) is 3. The number of hydrogen-bond donors (Lipinski definition) is 1. The fourth-order valence-corrected chi connectivity index (χ4v) is 2.81. The number of likely N-dealkylation sites (tertiary alicyclic amines) is 1. The van der Waals surface area contributed by atoms with E-state index in [1.54, 1.807) is 0 Å². The van der Waals surface area contributed by atoms with E-state index in [4.69, 9.17) is 4.74 Å². The fourth-order valence-electron chi connectivity index (χ4n) is 2.81. The second kappa shape index (κ2) is 6.10. The van der Waals surface area contributed by atoms with Crippen LogP contribution in [0.4, 0.5) is 0 Å². The van der Waals surface area contributed by atoms with Gasteiger partial charge in [0.05, 0.1) is 12.0 Å². The molecular weight excluding hydrogens is 278 g/mol. The first kappa shape index (κ1) is 15.1. The molecule has 1 aromatic heterocycles. The summed E-state index contributed by atoms with van der Waals surface area (Å²) >= 11 is 0. The molecular formula is C17H23N3O2. The summed E-state index contributed by atoms with van der Waals surface area (Å²) in [5, 5.41) is 10.6. The Morgan fingerprint density at radius 3 is 2.82 bits per heavy atom. The van der Waals surface area contributed by atoms with Crippen LogP contribution in [-0.4, -0.2) is 44.4 Å². The molecule has 0 radical (unpaired) electrons. The molecule has 0 unspecified atom stereocenters. The van der Waals surface area contributed by atoms with Crippen molar-refractivity contribution in [3.8, 4) is 5.75 Å². The van der Waals surface area contributed by atoms with Gasteiger partial charge in [-0.25, -0.2) is 4.98 Å². The number of piperidine rings is 1. The van der Waals surface area contributed by atoms with Crippen LogP contribution in [0.3, 0.4) is 0 Å². The van der Waals surface area contributed by atoms with Crippen LogP contribution >= 0.6 is 0 Å². The normalized spacial score (nSPS) is 26.0. The molecule has 1 saturated heterocycles. The van der Waals surface area contributed by atoms with Crippen LogP contribution in [0.15, 0.2) is 42.9 Å². The van der Waals surface area contributed by atoms with Crippen LogP contribution in [0, 0.1) is 0 Å². The smallest absolute Gasteiger partial charge is 0.140 e. The maximum absolute atomic E-state index is 10.6. The largest absolute Gasteiger partial charge is 0.486 e. The van der Waals surface area contributed by atoms with Gasteiger partial charge < -0.3 is 14.4 Å². The van der Waals surface area contributed by atoms with Gasteiger partial charge in [0.1, 0.15) is 17.5 Å². The Balaban J connectivity index is 1.69. The highest BCUT2D eigenvalue weighted by molar-refractivity contribution is 5.22. The molecule has 22 heavy (non-hydrogen) atoms. The number of hydrogen-bond acceptors (Lipinski definition) is 4. The molecule has 1 N–H and O–H groups in total. The Labute approximate surface area is 131 Å². The molecule has 1 aliphatic heterocycles. The lowest BCUT2D eigenvalue weighted by Gasteiger charge is -2.42. The summed E-state index contributed by atoms with van der Waals surface area (Å²) in [5.41, 5.74) is 0.360. The standard InChI is InChI=1S/C17H23N3O2/c1-17(21)8-9-20(11-14-10-18-13-19(14)2)12-16(17)22-15-6-4-3-5-7-15/h3-7,10,13,16,21H,8-9,11-12H2,1-2H3/t16-,17-/m0/s1. The van der Waals surface area contributed by atoms with E-state index in [2.05, 4.69) is 9.88 Å². The van der Waals surface area contributed by atoms with Crippen molar-refractivity contribution in [3.05, 3.63) is 48.5 Å². The predicted octanol–water partition coefficient (Wildman–Crippen LogP) is 1.82. The molecule has 0 spiro atoms. The van der Waals surface area contributed by atoms with Crippen molar-refractivity contribution in [2.75, 3.05) is 13.1 Å². The number of benzene rings is 1. The third kappa shape index (κ3) is 3.31. The van der Waals surface area contributed by atoms with Crippen molar-refractivity contribution in [1.29, 1.82) is 0 Å². The first-order valence-electron chi connectivity index (χ1n) is 7.66. The van der Waals surface area contributed by atoms with Crippen molar-refractivity contribution < 1.29 is 9.84 Å². The van der Waals surface area contributed by atoms with Crippen LogP contribution < -0.4 is 4.74 Å². The number of aliphatic hydroxyl groups is 1. The molecule has 5 heteroatoms. The molecule has 2 atom stereocenters. The summed E-state index contributed by atoms with van der Waals surface area (Å²) in [6.07, 6.45) is 4.16. The SMILES string of the molecule is Cn1cncc1CN1CC[C@](C)(O)[C@@H](Oc2ccccc2)C1. The van der Waals surface area contributed by atoms with Crippen LogP contribution in [0.1, 0.15) is 19.0 Å². The van der Waals surface area contributed by atoms with Crippen molar-refractivity contribution in [1.82, 2.24) is 14.5 Å². The van der Waals surface area contributed by atoms with E-state index in [1.807, 2.05) is 61.4 Å². The van der Waals surface area contributed by atoms with Gasteiger partial charge in [-0.2, -0.15) is 0 Å². The minimum atomic E-state index is -0.807. The number of ether oxygens (including phenoxy) is 1. The van der Waals surface area contributed by atoms with Gasteiger partial charge in [-0.3, -0.25) is 4.90 Å². The van der Waals surface area contributed by atoms with Crippen molar-refractivity contribution in [2.24, 2.45) is 7.05 Å². The van der Waals surface area contributed by atoms with Crippen LogP contribution in [0.25, 0.3) is 0 Å². The predicted molar refractivity (Wildman–Crippen MR) is 84.6 cm³/mol. The third-order valence-electron chi connectivity index (χ3n) is 4.38. The molecule has 0 bridgehead atoms. The molecule has 1 aliphatic rings. The molecule has 0 amide bonds. The molecule has 5 nitrogen and oxygen atoms in total. The number of aryl methyl sites for hydroxylation is 1. The average molecular weight is 301 g/mol. The molecule has 2 aromatic rings. The molecule has 2 heterocycles. The van der Waals surface area contributed by atoms with Gasteiger partial charge in [-0.15, -0.1) is 0 Å². The topological polar surface area (TPSA) is 50.5 Å². The van der Waals surface area contributed by atoms with Crippen LogP contribution in [0.2, 0.25) is 0 Å². The lowest BCUT2D eigenvalue weighted by molar-refractivity contribution is -0.0967. The lowest BCUT2D eigenvalue weighted by Crippen LogP contribution is -2.56. The Bertz CT molecular complexity index is 609. The Hall–Kier alpha value is -1.85. The van der Waals surface area contributed by atoms with E-state index in [1.165, 1.54) is 5.69 Å². The third-order valence-corrected chi connectivity index (χ3v) is 4.38. The number of aromatic nitrogens is 2. The highest BCUT2D eigenvalue weighted by Gasteiger charge is 2.39. The highest BCUT2D eigenvalue weighted by atomic mass is 16.5. The van der Waals surface area contributed by atoms with E-state index in [-0.39, 0.29) is 6.10 Å². The zero-order chi connectivity index (χ0) is 15.6. The van der Waals surface area contributed by atoms with Gasteiger partial charge in [-0.1, -0.05) is 18.2 Å². The van der Waals surface area contributed by atoms with Crippen molar-refractivity contribution >= 4 is 0 Å². The summed E-state index contributed by atoms with van der Waals surface area (Å²) in [6, 6.07) is 9.70. The first-order chi connectivity index (χ1) is 10.5. The number of para-hydroxylation sites is 1. The maximum Gasteiger partial charge on any atom is 0.140 e. The molecule has 1 fully saturated rings. The van der Waals surface area contributed by atoms with Gasteiger partial charge in [0, 0.05) is 32.9 Å². The minimum absolute atomic E-state index is 0.239. The van der Waals surface area contributed by atoms with Crippen LogP contribution in [-0.2, 0) is 13.6 Å². The van der Waals surface area contributed by atoms with E-state index in [0.29, 0.717) is 13.0 Å². The monoisotopic (exact) mass is 301 g/mol. The van der Waals surface area contributed by atoms with E-state index >= 15 is 0 Å². The summed E-state index contributed by atoms with van der Waals surface area (Å²) in [6.45, 7) is 4.24. The van der Waals surface area contributed by atoms with Crippen molar-refractivity contribution in [2.45, 2.75) is 31.6 Å². The number of imidazole rings is 1. The highest BCUT2D eigenvalue weighted by Crippen LogP contribution is 2.27. The van der Waals surface area contributed by atoms with Gasteiger partial charge in [-0.05, 0) is 25.5 Å². The van der Waals surface area contributed by atoms with Crippen molar-refractivity contribution in [3.63, 3.8) is 0 Å². The van der Waals surface area contributed by atoms with Gasteiger partial charge in [0.2, 0.25) is 0 Å². The maximum atomic E-state index is 10.6. The second-order valence-electron chi connectivity index (χ2n) is 6.26. The Morgan fingerprint density at radius 2 is 2.14 bits per heavy atom. The van der Waals surface area contributed by atoms with E-state index in [0.717, 1.165) is 18.8 Å². The van der Waals surface area contributed by atoms with Gasteiger partial charge >= 0.3 is 0 Å². The lowest BCUT2D eigenvalue weighted by atomic mass is 9.90. The average Bonchev–Trinajstić information content (AvgIpc) is 2.89. The summed E-state index contributed by atoms with van der Waals surface area (Å²) < 4.78 is 8.06. The fraction of sp³-hybridized carbons (Fsp3) is 0.471. The Morgan fingerprint density at radius 1 is 1.36 bits per heavy atom. The number of rotatable bonds is 4. The molecule has 0 saturated carbocycles. The quantitative estimate of drug-likeness (QED) is 0.936. The summed E-state index contributed by atoms with van der Waals surface area (Å²) in [7, 11) is 2.00. The van der Waals surface area contributed by atoms with E-state index < -0.39 is 5.60 Å². The van der Waals surface area contributed by atoms with E-state index in [9.17, 15) is 5.11 Å². The zero-order valence-electron chi connectivity index (χ0n) is 13.1. The van der Waals surface area contributed by atoms with Gasteiger partial charge in [0.25, 0.3) is 0 Å². The second-order valence-corrected chi connectivity index (χ2v) is 6.26. The molecule has 1 aromatic carbocycles. The molecule has 0 aliphatic carbocycles. The summed E-state index contributed by atoms with van der Waals surface area (Å²) in [4.78, 5) is 6.47. The van der Waals surface area contributed by atoms with Gasteiger partial charge in [0.15, 0.2) is 0 Å². The molecule has 3 rings (SSSR count). The zero-order valence-corrected chi connectivity index (χ0v) is 13.1. The molecule has 118 valence electrons. The summed E-state index contributed by atoms with van der Waals surface area (Å²) in [5.74, 6) is 0.801. The minimum Gasteiger partial charge on any atom is -0.486 e. The first-order valence-corrected chi connectivity index (χ1v) is 7.66.